The van der Waals surface area contributed by atoms with Crippen LogP contribution < -0.4 is 10.1 Å². The molecule has 0 unspecified atom stereocenters. The summed E-state index contributed by atoms with van der Waals surface area (Å²) in [5.74, 6) is -2.27. The lowest BCUT2D eigenvalue weighted by molar-refractivity contribution is -0.141. The van der Waals surface area contributed by atoms with Crippen LogP contribution in [0.15, 0.2) is 30.6 Å². The molecule has 5 heterocycles. The summed E-state index contributed by atoms with van der Waals surface area (Å²) in [6.45, 7) is 2.70. The van der Waals surface area contributed by atoms with Crippen LogP contribution in [0.1, 0.15) is 48.4 Å². The summed E-state index contributed by atoms with van der Waals surface area (Å²) in [6, 6.07) is 3.92. The van der Waals surface area contributed by atoms with Gasteiger partial charge in [0.05, 0.1) is 42.5 Å². The first-order valence-electron chi connectivity index (χ1n) is 11.9. The number of aromatic nitrogens is 4. The molecule has 0 fully saturated rings. The number of hydrogen-bond acceptors (Lipinski definition) is 8. The minimum absolute atomic E-state index is 0.0396. The number of ether oxygens (including phenoxy) is 1. The van der Waals surface area contributed by atoms with Crippen molar-refractivity contribution in [3.63, 3.8) is 0 Å². The van der Waals surface area contributed by atoms with Crippen molar-refractivity contribution in [3.05, 3.63) is 80.3 Å². The number of alkyl halides is 3. The molecule has 0 radical (unpaired) electrons. The molecular formula is C26H19ClF4N6O3S. The molecule has 4 aromatic heterocycles. The van der Waals surface area contributed by atoms with Gasteiger partial charge in [0, 0.05) is 23.0 Å². The van der Waals surface area contributed by atoms with Crippen LogP contribution in [0.2, 0.25) is 5.15 Å². The van der Waals surface area contributed by atoms with Crippen LogP contribution in [0.25, 0.3) is 11.1 Å². The number of amides is 2. The van der Waals surface area contributed by atoms with E-state index in [-0.39, 0.29) is 28.9 Å². The third-order valence-corrected chi connectivity index (χ3v) is 7.43. The zero-order valence-electron chi connectivity index (χ0n) is 21.6. The van der Waals surface area contributed by atoms with Crippen molar-refractivity contribution in [2.24, 2.45) is 0 Å². The molecule has 1 aliphatic rings. The van der Waals surface area contributed by atoms with Crippen molar-refractivity contribution in [2.75, 3.05) is 12.4 Å². The Morgan fingerprint density at radius 3 is 2.51 bits per heavy atom. The van der Waals surface area contributed by atoms with Gasteiger partial charge in [0.2, 0.25) is 0 Å². The Kier molecular flexibility index (Phi) is 7.38. The lowest BCUT2D eigenvalue weighted by atomic mass is 10.0. The van der Waals surface area contributed by atoms with Crippen LogP contribution in [0.5, 0.6) is 5.75 Å². The molecule has 0 bridgehead atoms. The van der Waals surface area contributed by atoms with E-state index in [0.29, 0.717) is 39.2 Å². The molecule has 212 valence electrons. The molecule has 0 aliphatic carbocycles. The molecule has 1 aliphatic heterocycles. The van der Waals surface area contributed by atoms with Crippen LogP contribution in [-0.2, 0) is 19.3 Å². The van der Waals surface area contributed by atoms with E-state index in [0.717, 1.165) is 23.2 Å². The van der Waals surface area contributed by atoms with Gasteiger partial charge in [-0.25, -0.2) is 19.3 Å². The Morgan fingerprint density at radius 2 is 1.83 bits per heavy atom. The van der Waals surface area contributed by atoms with Gasteiger partial charge in [-0.15, -0.1) is 0 Å². The fourth-order valence-corrected chi connectivity index (χ4v) is 5.46. The normalized spacial score (nSPS) is 12.8. The fourth-order valence-electron chi connectivity index (χ4n) is 4.32. The highest BCUT2D eigenvalue weighted by atomic mass is 35.5. The molecule has 0 spiro atoms. The maximum absolute atomic E-state index is 14.4. The molecule has 0 aromatic carbocycles. The van der Waals surface area contributed by atoms with Crippen LogP contribution in [0.3, 0.4) is 0 Å². The highest BCUT2D eigenvalue weighted by Gasteiger charge is 2.38. The maximum Gasteiger partial charge on any atom is 0.433 e. The summed E-state index contributed by atoms with van der Waals surface area (Å²) < 4.78 is 59.6. The molecule has 0 atom stereocenters. The second-order valence-corrected chi connectivity index (χ2v) is 10.5. The number of rotatable bonds is 5. The Labute approximate surface area is 239 Å². The molecule has 15 heteroatoms. The zero-order chi connectivity index (χ0) is 29.6. The van der Waals surface area contributed by atoms with Crippen LogP contribution in [0, 0.1) is 19.7 Å². The molecule has 0 saturated heterocycles. The van der Waals surface area contributed by atoms with Gasteiger partial charge >= 0.3 is 6.18 Å². The number of pyridine rings is 3. The minimum atomic E-state index is -4.84. The largest absolute Gasteiger partial charge is 0.494 e. The Morgan fingerprint density at radius 1 is 1.07 bits per heavy atom. The number of nitrogens with zero attached hydrogens (tertiary/aromatic N) is 5. The first-order valence-corrected chi connectivity index (χ1v) is 13.0. The van der Waals surface area contributed by atoms with Gasteiger partial charge < -0.3 is 9.64 Å². The van der Waals surface area contributed by atoms with E-state index in [1.54, 1.807) is 19.1 Å². The Hall–Kier alpha value is -4.17. The SMILES string of the molecule is COc1cnc(Cl)cc1-c1cc(C)ncc1C(=O)Nc1nc2c(s1)CN(C(=O)c1nc(C(F)(F)F)c(C)cc1F)C2. The highest BCUT2D eigenvalue weighted by Crippen LogP contribution is 2.36. The van der Waals surface area contributed by atoms with Crippen molar-refractivity contribution in [2.45, 2.75) is 33.1 Å². The first-order chi connectivity index (χ1) is 19.3. The van der Waals surface area contributed by atoms with E-state index >= 15 is 0 Å². The summed E-state index contributed by atoms with van der Waals surface area (Å²) >= 11 is 7.17. The monoisotopic (exact) mass is 606 g/mol. The number of thiazole rings is 1. The molecule has 4 aromatic rings. The van der Waals surface area contributed by atoms with Gasteiger partial charge in [0.25, 0.3) is 11.8 Å². The lowest BCUT2D eigenvalue weighted by Gasteiger charge is -2.17. The van der Waals surface area contributed by atoms with Crippen molar-refractivity contribution in [1.82, 2.24) is 24.8 Å². The van der Waals surface area contributed by atoms with Gasteiger partial charge in [-0.05, 0) is 37.6 Å². The second-order valence-electron chi connectivity index (χ2n) is 9.06. The number of aryl methyl sites for hydroxylation is 2. The summed E-state index contributed by atoms with van der Waals surface area (Å²) in [5, 5.41) is 3.16. The number of fused-ring (bicyclic) bond motifs is 1. The van der Waals surface area contributed by atoms with E-state index in [1.165, 1.54) is 19.5 Å². The number of nitrogens with one attached hydrogen (secondary N) is 1. The van der Waals surface area contributed by atoms with Gasteiger partial charge in [0.15, 0.2) is 16.6 Å². The summed E-state index contributed by atoms with van der Waals surface area (Å²) in [4.78, 5) is 43.8. The van der Waals surface area contributed by atoms with Gasteiger partial charge in [-0.2, -0.15) is 13.2 Å². The van der Waals surface area contributed by atoms with Crippen LogP contribution in [-0.4, -0.2) is 43.8 Å². The van der Waals surface area contributed by atoms with E-state index in [9.17, 15) is 27.2 Å². The summed E-state index contributed by atoms with van der Waals surface area (Å²) in [7, 11) is 1.46. The molecular weight excluding hydrogens is 588 g/mol. The first kappa shape index (κ1) is 28.4. The van der Waals surface area contributed by atoms with E-state index in [1.807, 2.05) is 0 Å². The Balaban J connectivity index is 1.36. The molecule has 41 heavy (non-hydrogen) atoms. The van der Waals surface area contributed by atoms with Crippen molar-refractivity contribution in [1.29, 1.82) is 0 Å². The fraction of sp³-hybridized carbons (Fsp3) is 0.231. The lowest BCUT2D eigenvalue weighted by Crippen LogP contribution is -2.28. The second kappa shape index (κ2) is 10.7. The number of methoxy groups -OCH3 is 1. The average Bonchev–Trinajstić information content (AvgIpc) is 3.46. The number of anilines is 1. The van der Waals surface area contributed by atoms with Gasteiger partial charge in [-0.3, -0.25) is 19.9 Å². The summed E-state index contributed by atoms with van der Waals surface area (Å²) in [6.07, 6.45) is -1.99. The standard InChI is InChI=1S/C26H19ClF4N6O3S/c1-11-4-16(28)21(35-22(11)26(29,30)31)24(39)37-9-17-19(10-37)41-25(34-17)36-23(38)15-7-32-12(2)5-13(15)14-6-20(27)33-8-18(14)40-3/h4-8H,9-10H2,1-3H3,(H,34,36,38). The molecule has 9 nitrogen and oxygen atoms in total. The van der Waals surface area contributed by atoms with Crippen molar-refractivity contribution < 1.29 is 31.9 Å². The van der Waals surface area contributed by atoms with E-state index in [2.05, 4.69) is 25.3 Å². The van der Waals surface area contributed by atoms with Gasteiger partial charge in [0.1, 0.15) is 16.6 Å². The molecule has 2 amide bonds. The van der Waals surface area contributed by atoms with E-state index < -0.39 is 40.8 Å². The predicted molar refractivity (Wildman–Crippen MR) is 141 cm³/mol. The quantitative estimate of drug-likeness (QED) is 0.224. The molecule has 1 N–H and O–H groups in total. The third-order valence-electron chi connectivity index (χ3n) is 6.23. The topological polar surface area (TPSA) is 110 Å². The molecule has 5 rings (SSSR count). The zero-order valence-corrected chi connectivity index (χ0v) is 23.1. The number of carbonyl (C=O) groups excluding carboxylic acids is 2. The van der Waals surface area contributed by atoms with Crippen molar-refractivity contribution >= 4 is 39.9 Å². The molecule has 0 saturated carbocycles. The number of halogens is 5. The highest BCUT2D eigenvalue weighted by molar-refractivity contribution is 7.16. The van der Waals surface area contributed by atoms with Gasteiger partial charge in [-0.1, -0.05) is 22.9 Å². The van der Waals surface area contributed by atoms with Crippen molar-refractivity contribution in [3.8, 4) is 16.9 Å². The van der Waals surface area contributed by atoms with Crippen LogP contribution >= 0.6 is 22.9 Å². The minimum Gasteiger partial charge on any atom is -0.494 e. The smallest absolute Gasteiger partial charge is 0.433 e. The predicted octanol–water partition coefficient (Wildman–Crippen LogP) is 5.84. The number of hydrogen-bond donors (Lipinski definition) is 1. The summed E-state index contributed by atoms with van der Waals surface area (Å²) in [5.41, 5.74) is -0.351. The van der Waals surface area contributed by atoms with Crippen LogP contribution in [0.4, 0.5) is 22.7 Å². The Bertz CT molecular complexity index is 1690. The third kappa shape index (κ3) is 5.57. The number of carbonyl (C=O) groups is 2. The van der Waals surface area contributed by atoms with E-state index in [4.69, 9.17) is 16.3 Å². The average molecular weight is 607 g/mol. The maximum atomic E-state index is 14.4.